The molecule has 0 saturated heterocycles. The fourth-order valence-corrected chi connectivity index (χ4v) is 1.63. The van der Waals surface area contributed by atoms with Crippen LogP contribution in [0.15, 0.2) is 18.2 Å². The summed E-state index contributed by atoms with van der Waals surface area (Å²) in [5.41, 5.74) is -0.781. The van der Waals surface area contributed by atoms with Gasteiger partial charge in [-0.1, -0.05) is 11.6 Å². The number of halogens is 4. The average molecular weight is 264 g/mol. The minimum atomic E-state index is -4.45. The second-order valence-corrected chi connectivity index (χ2v) is 4.35. The van der Waals surface area contributed by atoms with Crippen molar-refractivity contribution in [3.05, 3.63) is 34.3 Å². The smallest absolute Gasteiger partial charge is 0.349 e. The SMILES string of the molecule is O=C(NC1CC1)c1ccc(C(F)(F)F)cc1Cl. The summed E-state index contributed by atoms with van der Waals surface area (Å²) in [6.07, 6.45) is -2.64. The Morgan fingerprint density at radius 2 is 2.00 bits per heavy atom. The molecule has 0 unspecified atom stereocenters. The predicted octanol–water partition coefficient (Wildman–Crippen LogP) is 3.25. The Bertz CT molecular complexity index is 455. The predicted molar refractivity (Wildman–Crippen MR) is 56.9 cm³/mol. The molecule has 2 nitrogen and oxygen atoms in total. The van der Waals surface area contributed by atoms with E-state index in [0.717, 1.165) is 31.0 Å². The molecular formula is C11H9ClF3NO. The Morgan fingerprint density at radius 1 is 1.35 bits per heavy atom. The summed E-state index contributed by atoms with van der Waals surface area (Å²) in [6, 6.07) is 2.86. The van der Waals surface area contributed by atoms with Crippen LogP contribution < -0.4 is 5.32 Å². The Labute approximate surface area is 101 Å². The van der Waals surface area contributed by atoms with Crippen molar-refractivity contribution in [2.75, 3.05) is 0 Å². The van der Waals surface area contributed by atoms with Crippen LogP contribution in [0.25, 0.3) is 0 Å². The summed E-state index contributed by atoms with van der Waals surface area (Å²) in [5, 5.41) is 2.48. The number of nitrogens with one attached hydrogen (secondary N) is 1. The van der Waals surface area contributed by atoms with Crippen LogP contribution in [0.3, 0.4) is 0 Å². The van der Waals surface area contributed by atoms with E-state index < -0.39 is 17.6 Å². The first kappa shape index (κ1) is 12.2. The Balaban J connectivity index is 2.21. The van der Waals surface area contributed by atoms with Gasteiger partial charge in [0.05, 0.1) is 16.1 Å². The van der Waals surface area contributed by atoms with Crippen LogP contribution in [0.1, 0.15) is 28.8 Å². The quantitative estimate of drug-likeness (QED) is 0.872. The van der Waals surface area contributed by atoms with Crippen molar-refractivity contribution in [1.29, 1.82) is 0 Å². The summed E-state index contributed by atoms with van der Waals surface area (Å²) in [4.78, 5) is 11.6. The molecule has 0 atom stereocenters. The summed E-state index contributed by atoms with van der Waals surface area (Å²) >= 11 is 5.67. The first-order valence-corrected chi connectivity index (χ1v) is 5.43. The monoisotopic (exact) mass is 263 g/mol. The van der Waals surface area contributed by atoms with Gasteiger partial charge in [-0.2, -0.15) is 13.2 Å². The number of benzene rings is 1. The minimum absolute atomic E-state index is 0.0755. The van der Waals surface area contributed by atoms with Crippen LogP contribution in [0.5, 0.6) is 0 Å². The zero-order valence-corrected chi connectivity index (χ0v) is 9.40. The molecule has 0 aliphatic heterocycles. The van der Waals surface area contributed by atoms with E-state index in [-0.39, 0.29) is 16.6 Å². The normalized spacial score (nSPS) is 15.8. The molecule has 0 bridgehead atoms. The largest absolute Gasteiger partial charge is 0.416 e. The molecule has 0 heterocycles. The molecule has 0 spiro atoms. The van der Waals surface area contributed by atoms with E-state index in [2.05, 4.69) is 5.32 Å². The van der Waals surface area contributed by atoms with Gasteiger partial charge < -0.3 is 5.32 Å². The third-order valence-corrected chi connectivity index (χ3v) is 2.77. The van der Waals surface area contributed by atoms with Crippen molar-refractivity contribution < 1.29 is 18.0 Å². The number of hydrogen-bond acceptors (Lipinski definition) is 1. The van der Waals surface area contributed by atoms with Gasteiger partial charge in [0, 0.05) is 6.04 Å². The molecule has 1 aromatic carbocycles. The zero-order valence-electron chi connectivity index (χ0n) is 8.64. The van der Waals surface area contributed by atoms with E-state index in [4.69, 9.17) is 11.6 Å². The van der Waals surface area contributed by atoms with Gasteiger partial charge in [0.25, 0.3) is 5.91 Å². The molecule has 2 rings (SSSR count). The molecule has 0 radical (unpaired) electrons. The first-order chi connectivity index (χ1) is 7.88. The summed E-state index contributed by atoms with van der Waals surface area (Å²) < 4.78 is 37.1. The third kappa shape index (κ3) is 2.91. The molecule has 17 heavy (non-hydrogen) atoms. The lowest BCUT2D eigenvalue weighted by molar-refractivity contribution is -0.137. The molecular weight excluding hydrogens is 255 g/mol. The molecule has 1 fully saturated rings. The van der Waals surface area contributed by atoms with Crippen LogP contribution in [0.2, 0.25) is 5.02 Å². The number of carbonyl (C=O) groups excluding carboxylic acids is 1. The van der Waals surface area contributed by atoms with Crippen LogP contribution in [-0.2, 0) is 6.18 Å². The molecule has 1 aromatic rings. The number of carbonyl (C=O) groups is 1. The van der Waals surface area contributed by atoms with Gasteiger partial charge in [-0.25, -0.2) is 0 Å². The van der Waals surface area contributed by atoms with E-state index in [1.165, 1.54) is 0 Å². The first-order valence-electron chi connectivity index (χ1n) is 5.05. The fraction of sp³-hybridized carbons (Fsp3) is 0.364. The maximum absolute atomic E-state index is 12.4. The Kier molecular flexibility index (Phi) is 3.03. The fourth-order valence-electron chi connectivity index (χ4n) is 1.37. The van der Waals surface area contributed by atoms with Gasteiger partial charge in [0.15, 0.2) is 0 Å². The molecule has 1 N–H and O–H groups in total. The van der Waals surface area contributed by atoms with Crippen molar-refractivity contribution >= 4 is 17.5 Å². The van der Waals surface area contributed by atoms with Crippen LogP contribution in [0, 0.1) is 0 Å². The van der Waals surface area contributed by atoms with Gasteiger partial charge in [0.2, 0.25) is 0 Å². The molecule has 92 valence electrons. The van der Waals surface area contributed by atoms with E-state index in [0.29, 0.717) is 0 Å². The molecule has 1 aliphatic carbocycles. The number of amides is 1. The van der Waals surface area contributed by atoms with Crippen molar-refractivity contribution in [3.63, 3.8) is 0 Å². The molecule has 0 aromatic heterocycles. The summed E-state index contributed by atoms with van der Waals surface area (Å²) in [7, 11) is 0. The average Bonchev–Trinajstić information content (AvgIpc) is 2.99. The van der Waals surface area contributed by atoms with Gasteiger partial charge in [-0.15, -0.1) is 0 Å². The number of rotatable bonds is 2. The molecule has 1 saturated carbocycles. The lowest BCUT2D eigenvalue weighted by Gasteiger charge is -2.09. The highest BCUT2D eigenvalue weighted by Gasteiger charge is 2.32. The summed E-state index contributed by atoms with van der Waals surface area (Å²) in [6.45, 7) is 0. The molecule has 6 heteroatoms. The van der Waals surface area contributed by atoms with Crippen molar-refractivity contribution in [1.82, 2.24) is 5.32 Å². The van der Waals surface area contributed by atoms with Crippen LogP contribution in [0.4, 0.5) is 13.2 Å². The van der Waals surface area contributed by atoms with E-state index in [1.54, 1.807) is 0 Å². The zero-order chi connectivity index (χ0) is 12.6. The lowest BCUT2D eigenvalue weighted by atomic mass is 10.1. The second-order valence-electron chi connectivity index (χ2n) is 3.94. The minimum Gasteiger partial charge on any atom is -0.349 e. The topological polar surface area (TPSA) is 29.1 Å². The van der Waals surface area contributed by atoms with Gasteiger partial charge in [-0.05, 0) is 31.0 Å². The highest BCUT2D eigenvalue weighted by atomic mass is 35.5. The van der Waals surface area contributed by atoms with Crippen LogP contribution in [-0.4, -0.2) is 11.9 Å². The maximum Gasteiger partial charge on any atom is 0.416 e. The molecule has 1 amide bonds. The lowest BCUT2D eigenvalue weighted by Crippen LogP contribution is -2.25. The van der Waals surface area contributed by atoms with Crippen molar-refractivity contribution in [2.24, 2.45) is 0 Å². The summed E-state index contributed by atoms with van der Waals surface area (Å²) in [5.74, 6) is -0.425. The number of hydrogen-bond donors (Lipinski definition) is 1. The van der Waals surface area contributed by atoms with Gasteiger partial charge in [-0.3, -0.25) is 4.79 Å². The second kappa shape index (κ2) is 4.22. The Morgan fingerprint density at radius 3 is 2.47 bits per heavy atom. The van der Waals surface area contributed by atoms with Gasteiger partial charge in [0.1, 0.15) is 0 Å². The van der Waals surface area contributed by atoms with Gasteiger partial charge >= 0.3 is 6.18 Å². The van der Waals surface area contributed by atoms with E-state index in [1.807, 2.05) is 0 Å². The maximum atomic E-state index is 12.4. The third-order valence-electron chi connectivity index (χ3n) is 2.45. The number of alkyl halides is 3. The Hall–Kier alpha value is -1.23. The van der Waals surface area contributed by atoms with Crippen molar-refractivity contribution in [3.8, 4) is 0 Å². The highest BCUT2D eigenvalue weighted by Crippen LogP contribution is 2.32. The van der Waals surface area contributed by atoms with E-state index >= 15 is 0 Å². The van der Waals surface area contributed by atoms with Crippen LogP contribution >= 0.6 is 11.6 Å². The van der Waals surface area contributed by atoms with Crippen molar-refractivity contribution in [2.45, 2.75) is 25.1 Å². The molecule has 1 aliphatic rings. The standard InChI is InChI=1S/C11H9ClF3NO/c12-9-5-6(11(13,14)15)1-4-8(9)10(17)16-7-2-3-7/h1,4-5,7H,2-3H2,(H,16,17). The highest BCUT2D eigenvalue weighted by molar-refractivity contribution is 6.33. The van der Waals surface area contributed by atoms with E-state index in [9.17, 15) is 18.0 Å².